The van der Waals surface area contributed by atoms with Crippen molar-refractivity contribution < 1.29 is 27.5 Å². The second-order valence-corrected chi connectivity index (χ2v) is 10.6. The van der Waals surface area contributed by atoms with Crippen molar-refractivity contribution >= 4 is 21.8 Å². The smallest absolute Gasteiger partial charge is 0.325 e. The molecule has 2 aliphatic rings. The van der Waals surface area contributed by atoms with Crippen molar-refractivity contribution in [1.29, 1.82) is 0 Å². The number of ether oxygens (including phenoxy) is 2. The summed E-state index contributed by atoms with van der Waals surface area (Å²) >= 11 is 0. The SMILES string of the molecule is C[C@@H](CS(=O)(=O)CCCOCN1CCC(=O)NC1=O)c1cccc(OC2CCCC2)c1. The zero-order valence-electron chi connectivity index (χ0n) is 18.0. The molecular weight excluding hydrogens is 420 g/mol. The van der Waals surface area contributed by atoms with E-state index in [0.717, 1.165) is 24.2 Å². The van der Waals surface area contributed by atoms with Crippen LogP contribution < -0.4 is 10.1 Å². The van der Waals surface area contributed by atoms with E-state index < -0.39 is 15.9 Å². The second-order valence-electron chi connectivity index (χ2n) is 8.37. The van der Waals surface area contributed by atoms with E-state index >= 15 is 0 Å². The average Bonchev–Trinajstić information content (AvgIpc) is 3.22. The number of sulfone groups is 1. The van der Waals surface area contributed by atoms with Crippen molar-refractivity contribution in [2.24, 2.45) is 0 Å². The van der Waals surface area contributed by atoms with Crippen LogP contribution in [0.4, 0.5) is 4.79 Å². The van der Waals surface area contributed by atoms with Gasteiger partial charge in [-0.25, -0.2) is 13.2 Å². The van der Waals surface area contributed by atoms with E-state index in [1.807, 2.05) is 31.2 Å². The molecule has 9 heteroatoms. The summed E-state index contributed by atoms with van der Waals surface area (Å²) in [5.41, 5.74) is 0.959. The zero-order chi connectivity index (χ0) is 22.3. The number of benzene rings is 1. The molecule has 0 radical (unpaired) electrons. The third kappa shape index (κ3) is 7.50. The molecule has 1 saturated heterocycles. The summed E-state index contributed by atoms with van der Waals surface area (Å²) in [4.78, 5) is 24.1. The van der Waals surface area contributed by atoms with Crippen molar-refractivity contribution in [3.63, 3.8) is 0 Å². The maximum absolute atomic E-state index is 12.5. The van der Waals surface area contributed by atoms with Crippen LogP contribution in [-0.2, 0) is 19.4 Å². The standard InChI is InChI=1S/C22H32N2O6S/c1-17(18-6-4-9-20(14-18)30-19-7-2-3-8-19)15-31(27,28)13-5-12-29-16-24-11-10-21(25)23-22(24)26/h4,6,9,14,17,19H,2-3,5,7-8,10-13,15-16H2,1H3,(H,23,25,26)/t17-/m0/s1. The van der Waals surface area contributed by atoms with Crippen LogP contribution in [0.3, 0.4) is 0 Å². The van der Waals surface area contributed by atoms with E-state index in [9.17, 15) is 18.0 Å². The number of carbonyl (C=O) groups excluding carboxylic acids is 2. The number of carbonyl (C=O) groups is 2. The van der Waals surface area contributed by atoms with E-state index in [1.54, 1.807) is 0 Å². The molecule has 0 bridgehead atoms. The van der Waals surface area contributed by atoms with Gasteiger partial charge in [-0.15, -0.1) is 0 Å². The second kappa shape index (κ2) is 10.9. The van der Waals surface area contributed by atoms with E-state index in [-0.39, 0.29) is 49.2 Å². The topological polar surface area (TPSA) is 102 Å². The maximum Gasteiger partial charge on any atom is 0.325 e. The Kier molecular flexibility index (Phi) is 8.31. The Morgan fingerprint density at radius 1 is 1.23 bits per heavy atom. The van der Waals surface area contributed by atoms with Crippen LogP contribution in [0.25, 0.3) is 0 Å². The molecule has 2 fully saturated rings. The van der Waals surface area contributed by atoms with Gasteiger partial charge in [-0.1, -0.05) is 19.1 Å². The molecule has 3 amide bonds. The van der Waals surface area contributed by atoms with Crippen LogP contribution >= 0.6 is 0 Å². The number of amides is 3. The predicted molar refractivity (Wildman–Crippen MR) is 117 cm³/mol. The van der Waals surface area contributed by atoms with Crippen molar-refractivity contribution in [2.75, 3.05) is 31.4 Å². The van der Waals surface area contributed by atoms with Gasteiger partial charge in [-0.05, 0) is 55.7 Å². The molecule has 0 unspecified atom stereocenters. The molecular formula is C22H32N2O6S. The number of hydrogen-bond acceptors (Lipinski definition) is 6. The summed E-state index contributed by atoms with van der Waals surface area (Å²) in [7, 11) is -3.25. The fraction of sp³-hybridized carbons (Fsp3) is 0.636. The molecule has 1 atom stereocenters. The molecule has 172 valence electrons. The highest BCUT2D eigenvalue weighted by Crippen LogP contribution is 2.27. The monoisotopic (exact) mass is 452 g/mol. The minimum absolute atomic E-state index is 0.0281. The van der Waals surface area contributed by atoms with Gasteiger partial charge in [0.15, 0.2) is 9.84 Å². The van der Waals surface area contributed by atoms with Gasteiger partial charge in [0.05, 0.1) is 17.6 Å². The van der Waals surface area contributed by atoms with Gasteiger partial charge in [0.25, 0.3) is 0 Å². The van der Waals surface area contributed by atoms with Gasteiger partial charge in [-0.3, -0.25) is 10.1 Å². The summed E-state index contributed by atoms with van der Waals surface area (Å²) in [5.74, 6) is 0.479. The Morgan fingerprint density at radius 3 is 2.74 bits per heavy atom. The molecule has 3 rings (SSSR count). The summed E-state index contributed by atoms with van der Waals surface area (Å²) < 4.78 is 36.5. The Morgan fingerprint density at radius 2 is 2.00 bits per heavy atom. The lowest BCUT2D eigenvalue weighted by atomic mass is 10.0. The number of imide groups is 1. The van der Waals surface area contributed by atoms with Crippen molar-refractivity contribution in [1.82, 2.24) is 10.2 Å². The highest BCUT2D eigenvalue weighted by Gasteiger charge is 2.23. The number of urea groups is 1. The lowest BCUT2D eigenvalue weighted by Crippen LogP contribution is -2.50. The van der Waals surface area contributed by atoms with Crippen molar-refractivity contribution in [3.8, 4) is 5.75 Å². The Hall–Kier alpha value is -2.13. The first-order valence-corrected chi connectivity index (χ1v) is 12.8. The van der Waals surface area contributed by atoms with Gasteiger partial charge in [-0.2, -0.15) is 0 Å². The maximum atomic E-state index is 12.5. The molecule has 8 nitrogen and oxygen atoms in total. The number of hydrogen-bond donors (Lipinski definition) is 1. The first-order chi connectivity index (χ1) is 14.8. The fourth-order valence-electron chi connectivity index (χ4n) is 3.93. The minimum Gasteiger partial charge on any atom is -0.490 e. The molecule has 1 aromatic carbocycles. The fourth-order valence-corrected chi connectivity index (χ4v) is 5.61. The van der Waals surface area contributed by atoms with E-state index in [0.29, 0.717) is 13.0 Å². The van der Waals surface area contributed by atoms with Gasteiger partial charge in [0, 0.05) is 19.6 Å². The minimum atomic E-state index is -3.25. The molecule has 1 heterocycles. The Balaban J connectivity index is 1.39. The lowest BCUT2D eigenvalue weighted by Gasteiger charge is -2.26. The average molecular weight is 453 g/mol. The summed E-state index contributed by atoms with van der Waals surface area (Å²) in [6.07, 6.45) is 5.43. The molecule has 1 aromatic rings. The lowest BCUT2D eigenvalue weighted by molar-refractivity contribution is -0.122. The largest absolute Gasteiger partial charge is 0.490 e. The van der Waals surface area contributed by atoms with Crippen LogP contribution in [0.1, 0.15) is 56.9 Å². The quantitative estimate of drug-likeness (QED) is 0.518. The van der Waals surface area contributed by atoms with E-state index in [4.69, 9.17) is 9.47 Å². The zero-order valence-corrected chi connectivity index (χ0v) is 18.9. The number of nitrogens with zero attached hydrogens (tertiary/aromatic N) is 1. The van der Waals surface area contributed by atoms with Gasteiger partial charge in [0.2, 0.25) is 5.91 Å². The van der Waals surface area contributed by atoms with Crippen molar-refractivity contribution in [3.05, 3.63) is 29.8 Å². The normalized spacial score (nSPS) is 18.8. The molecule has 1 saturated carbocycles. The Labute approximate surface area is 184 Å². The first kappa shape index (κ1) is 23.5. The van der Waals surface area contributed by atoms with Gasteiger partial charge >= 0.3 is 6.03 Å². The van der Waals surface area contributed by atoms with E-state index in [2.05, 4.69) is 5.32 Å². The molecule has 1 aliphatic heterocycles. The third-order valence-electron chi connectivity index (χ3n) is 5.67. The highest BCUT2D eigenvalue weighted by atomic mass is 32.2. The summed E-state index contributed by atoms with van der Waals surface area (Å²) in [5, 5.41) is 2.22. The predicted octanol–water partition coefficient (Wildman–Crippen LogP) is 2.83. The van der Waals surface area contributed by atoms with Crippen LogP contribution in [0.5, 0.6) is 5.75 Å². The first-order valence-electron chi connectivity index (χ1n) is 11.0. The van der Waals surface area contributed by atoms with E-state index in [1.165, 1.54) is 17.7 Å². The molecule has 0 aromatic heterocycles. The van der Waals surface area contributed by atoms with Crippen LogP contribution in [0.15, 0.2) is 24.3 Å². The van der Waals surface area contributed by atoms with Crippen LogP contribution in [-0.4, -0.2) is 62.7 Å². The highest BCUT2D eigenvalue weighted by molar-refractivity contribution is 7.91. The number of nitrogens with one attached hydrogen (secondary N) is 1. The summed E-state index contributed by atoms with van der Waals surface area (Å²) in [6.45, 7) is 2.50. The van der Waals surface area contributed by atoms with Gasteiger partial charge in [0.1, 0.15) is 12.5 Å². The van der Waals surface area contributed by atoms with Crippen LogP contribution in [0, 0.1) is 0 Å². The molecule has 1 aliphatic carbocycles. The summed E-state index contributed by atoms with van der Waals surface area (Å²) in [6, 6.07) is 7.27. The molecule has 31 heavy (non-hydrogen) atoms. The van der Waals surface area contributed by atoms with Gasteiger partial charge < -0.3 is 14.4 Å². The molecule has 0 spiro atoms. The Bertz CT molecular complexity index is 867. The van der Waals surface area contributed by atoms with Crippen LogP contribution in [0.2, 0.25) is 0 Å². The number of rotatable bonds is 11. The molecule has 1 N–H and O–H groups in total. The van der Waals surface area contributed by atoms with Crippen molar-refractivity contribution in [2.45, 2.75) is 57.5 Å². The third-order valence-corrected chi connectivity index (χ3v) is 7.59.